The first-order valence-electron chi connectivity index (χ1n) is 9.16. The van der Waals surface area contributed by atoms with E-state index < -0.39 is 23.4 Å². The van der Waals surface area contributed by atoms with Crippen molar-refractivity contribution in [1.82, 2.24) is 9.88 Å². The summed E-state index contributed by atoms with van der Waals surface area (Å²) < 4.78 is 40.4. The number of carbonyl (C=O) groups excluding carboxylic acids is 1. The molecule has 0 aliphatic heterocycles. The normalized spacial score (nSPS) is 11.6. The maximum atomic E-state index is 12.9. The average Bonchev–Trinajstić information content (AvgIpc) is 2.68. The highest BCUT2D eigenvalue weighted by atomic mass is 19.4. The van der Waals surface area contributed by atoms with Gasteiger partial charge in [0.05, 0.1) is 12.0 Å². The summed E-state index contributed by atoms with van der Waals surface area (Å²) in [5.74, 6) is -1.43. The molecule has 0 bridgehead atoms. The number of nitrogens with one attached hydrogen (secondary N) is 2. The highest BCUT2D eigenvalue weighted by Gasteiger charge is 2.34. The minimum Gasteiger partial charge on any atom is -0.507 e. The first-order valence-corrected chi connectivity index (χ1v) is 9.16. The maximum absolute atomic E-state index is 12.9. The highest BCUT2D eigenvalue weighted by Crippen LogP contribution is 2.36. The number of nitrogens with zero attached hydrogens (tertiary/aromatic N) is 1. The Balaban J connectivity index is 1.84. The predicted octanol–water partition coefficient (Wildman–Crippen LogP) is 3.13. The lowest BCUT2D eigenvalue weighted by Gasteiger charge is -2.12. The van der Waals surface area contributed by atoms with Crippen molar-refractivity contribution in [2.45, 2.75) is 19.1 Å². The van der Waals surface area contributed by atoms with Crippen LogP contribution in [-0.4, -0.2) is 29.2 Å². The second kappa shape index (κ2) is 8.58. The van der Waals surface area contributed by atoms with Gasteiger partial charge in [-0.05, 0) is 42.9 Å². The Kier molecular flexibility index (Phi) is 6.12. The molecule has 1 heterocycles. The molecule has 0 atom stereocenters. The van der Waals surface area contributed by atoms with E-state index in [1.54, 1.807) is 42.1 Å². The van der Waals surface area contributed by atoms with Crippen LogP contribution in [0.25, 0.3) is 10.8 Å². The summed E-state index contributed by atoms with van der Waals surface area (Å²) >= 11 is 0. The first kappa shape index (κ1) is 21.4. The highest BCUT2D eigenvalue weighted by molar-refractivity contribution is 6.02. The van der Waals surface area contributed by atoms with E-state index >= 15 is 0 Å². The molecule has 0 spiro atoms. The minimum absolute atomic E-state index is 0.104. The summed E-state index contributed by atoms with van der Waals surface area (Å²) in [4.78, 5) is 25.0. The second-order valence-corrected chi connectivity index (χ2v) is 6.76. The molecule has 1 amide bonds. The average molecular weight is 419 g/mol. The largest absolute Gasteiger partial charge is 0.507 e. The number of phenols is 1. The van der Waals surface area contributed by atoms with E-state index in [0.29, 0.717) is 29.5 Å². The molecule has 0 unspecified atom stereocenters. The Bertz CT molecular complexity index is 1140. The topological polar surface area (TPSA) is 83.4 Å². The number of benzene rings is 2. The number of pyridine rings is 1. The van der Waals surface area contributed by atoms with Gasteiger partial charge in [-0.1, -0.05) is 12.1 Å². The van der Waals surface area contributed by atoms with Crippen LogP contribution >= 0.6 is 0 Å². The molecule has 0 radical (unpaired) electrons. The molecule has 3 aromatic rings. The summed E-state index contributed by atoms with van der Waals surface area (Å²) in [5, 5.41) is 16.0. The van der Waals surface area contributed by atoms with E-state index in [2.05, 4.69) is 10.6 Å². The molecule has 30 heavy (non-hydrogen) atoms. The summed E-state index contributed by atoms with van der Waals surface area (Å²) in [6.45, 7) is 1.11. The number of fused-ring (bicyclic) bond motifs is 1. The molecule has 0 aliphatic rings. The fourth-order valence-corrected chi connectivity index (χ4v) is 3.14. The van der Waals surface area contributed by atoms with Crippen LogP contribution in [0, 0.1) is 0 Å². The molecule has 0 saturated heterocycles. The van der Waals surface area contributed by atoms with Gasteiger partial charge in [0.25, 0.3) is 5.56 Å². The zero-order valence-electron chi connectivity index (χ0n) is 16.1. The Labute approximate surface area is 170 Å². The number of amides is 1. The van der Waals surface area contributed by atoms with E-state index in [4.69, 9.17) is 0 Å². The van der Waals surface area contributed by atoms with Gasteiger partial charge in [-0.15, -0.1) is 0 Å². The zero-order valence-corrected chi connectivity index (χ0v) is 16.1. The SMILES string of the molecule is CNCCn1ccc2c(NC(=O)Cc3ccc(O)c(C(F)(F)F)c3)cccc2c1=O. The molecule has 158 valence electrons. The molecule has 6 nitrogen and oxygen atoms in total. The number of hydrogen-bond donors (Lipinski definition) is 3. The first-order chi connectivity index (χ1) is 14.2. The molecular weight excluding hydrogens is 399 g/mol. The van der Waals surface area contributed by atoms with Gasteiger partial charge in [-0.2, -0.15) is 13.2 Å². The van der Waals surface area contributed by atoms with Gasteiger partial charge in [-0.25, -0.2) is 0 Å². The fourth-order valence-electron chi connectivity index (χ4n) is 3.14. The number of rotatable bonds is 6. The third-order valence-electron chi connectivity index (χ3n) is 4.63. The van der Waals surface area contributed by atoms with Crippen molar-refractivity contribution in [1.29, 1.82) is 0 Å². The van der Waals surface area contributed by atoms with Gasteiger partial charge in [0, 0.05) is 35.7 Å². The lowest BCUT2D eigenvalue weighted by atomic mass is 10.1. The number of alkyl halides is 3. The van der Waals surface area contributed by atoms with Crippen molar-refractivity contribution in [3.63, 3.8) is 0 Å². The van der Waals surface area contributed by atoms with Gasteiger partial charge in [0.15, 0.2) is 0 Å². The molecule has 0 fully saturated rings. The number of phenolic OH excluding ortho intramolecular Hbond substituents is 1. The smallest absolute Gasteiger partial charge is 0.419 e. The van der Waals surface area contributed by atoms with Crippen LogP contribution in [0.3, 0.4) is 0 Å². The predicted molar refractivity (Wildman–Crippen MR) is 108 cm³/mol. The van der Waals surface area contributed by atoms with Crippen LogP contribution in [0.5, 0.6) is 5.75 Å². The Hall–Kier alpha value is -3.33. The molecular formula is C21H20F3N3O3. The van der Waals surface area contributed by atoms with Gasteiger partial charge < -0.3 is 20.3 Å². The molecule has 1 aromatic heterocycles. The minimum atomic E-state index is -4.72. The van der Waals surface area contributed by atoms with E-state index in [0.717, 1.165) is 12.1 Å². The van der Waals surface area contributed by atoms with Crippen LogP contribution < -0.4 is 16.2 Å². The third kappa shape index (κ3) is 4.62. The van der Waals surface area contributed by atoms with Crippen molar-refractivity contribution < 1.29 is 23.1 Å². The number of aromatic hydroxyl groups is 1. The third-order valence-corrected chi connectivity index (χ3v) is 4.63. The fraction of sp³-hybridized carbons (Fsp3) is 0.238. The summed E-state index contributed by atoms with van der Waals surface area (Å²) in [5.41, 5.74) is -0.898. The van der Waals surface area contributed by atoms with E-state index in [-0.39, 0.29) is 17.5 Å². The Morgan fingerprint density at radius 3 is 2.60 bits per heavy atom. The standard InChI is InChI=1S/C21H20F3N3O3/c1-25-8-10-27-9-7-14-15(20(27)30)3-2-4-17(14)26-19(29)12-13-5-6-18(28)16(11-13)21(22,23)24/h2-7,9,11,25,28H,8,10,12H2,1H3,(H,26,29). The van der Waals surface area contributed by atoms with Gasteiger partial charge >= 0.3 is 6.18 Å². The van der Waals surface area contributed by atoms with Gasteiger partial charge in [-0.3, -0.25) is 9.59 Å². The van der Waals surface area contributed by atoms with Crippen LogP contribution in [0.15, 0.2) is 53.5 Å². The van der Waals surface area contributed by atoms with Crippen molar-refractivity contribution in [3.8, 4) is 5.75 Å². The quantitative estimate of drug-likeness (QED) is 0.573. The monoisotopic (exact) mass is 419 g/mol. The summed E-state index contributed by atoms with van der Waals surface area (Å²) in [7, 11) is 1.78. The summed E-state index contributed by atoms with van der Waals surface area (Å²) in [6, 6.07) is 9.53. The van der Waals surface area contributed by atoms with E-state index in [1.807, 2.05) is 0 Å². The van der Waals surface area contributed by atoms with E-state index in [9.17, 15) is 27.9 Å². The Morgan fingerprint density at radius 2 is 1.90 bits per heavy atom. The zero-order chi connectivity index (χ0) is 21.9. The summed E-state index contributed by atoms with van der Waals surface area (Å²) in [6.07, 6.45) is -3.41. The van der Waals surface area contributed by atoms with Crippen molar-refractivity contribution in [2.75, 3.05) is 18.9 Å². The van der Waals surface area contributed by atoms with Gasteiger partial charge in [0.1, 0.15) is 5.75 Å². The van der Waals surface area contributed by atoms with Crippen molar-refractivity contribution >= 4 is 22.4 Å². The number of likely N-dealkylation sites (N-methyl/N-ethyl adjacent to an activating group) is 1. The molecule has 3 rings (SSSR count). The van der Waals surface area contributed by atoms with Crippen LogP contribution in [0.2, 0.25) is 0 Å². The molecule has 2 aromatic carbocycles. The molecule has 3 N–H and O–H groups in total. The van der Waals surface area contributed by atoms with Gasteiger partial charge in [0.2, 0.25) is 5.91 Å². The lowest BCUT2D eigenvalue weighted by Crippen LogP contribution is -2.25. The van der Waals surface area contributed by atoms with Crippen LogP contribution in [0.4, 0.5) is 18.9 Å². The van der Waals surface area contributed by atoms with Crippen molar-refractivity contribution in [2.24, 2.45) is 0 Å². The Morgan fingerprint density at radius 1 is 1.13 bits per heavy atom. The molecule has 0 aliphatic carbocycles. The maximum Gasteiger partial charge on any atom is 0.419 e. The van der Waals surface area contributed by atoms with Crippen molar-refractivity contribution in [3.05, 3.63) is 70.1 Å². The number of hydrogen-bond acceptors (Lipinski definition) is 4. The second-order valence-electron chi connectivity index (χ2n) is 6.76. The van der Waals surface area contributed by atoms with E-state index in [1.165, 1.54) is 6.07 Å². The number of aromatic nitrogens is 1. The molecule has 9 heteroatoms. The lowest BCUT2D eigenvalue weighted by molar-refractivity contribution is -0.138. The number of halogens is 3. The molecule has 0 saturated carbocycles. The van der Waals surface area contributed by atoms with Crippen LogP contribution in [0.1, 0.15) is 11.1 Å². The number of carbonyl (C=O) groups is 1. The van der Waals surface area contributed by atoms with Crippen LogP contribution in [-0.2, 0) is 23.9 Å². The number of anilines is 1.